The van der Waals surface area contributed by atoms with E-state index in [1.165, 1.54) is 0 Å². The molecule has 0 N–H and O–H groups in total. The van der Waals surface area contributed by atoms with Gasteiger partial charge in [-0.3, -0.25) is 19.9 Å². The van der Waals surface area contributed by atoms with Crippen molar-refractivity contribution in [1.29, 1.82) is 0 Å². The van der Waals surface area contributed by atoms with E-state index in [2.05, 4.69) is 329 Å². The molecule has 16 heterocycles. The summed E-state index contributed by atoms with van der Waals surface area (Å²) >= 11 is 0. The SMILES string of the molecule is CN1[CH-]N(c2[c-]c(C3(c4cc[n-]n4)c4ccccc4-c4cnccc43)ccc2)c2ncccc21.CN1[CH-]N(c2[c-]c(C3(c4cc[n-]n4)c4ccccc4-c4cnccc43)ccc2)c2ncccc21.CN1[CH-]N(c2[c-]c(C3(c4cc[n-]n4)c4ccccc4-c4cnccc43)ccc2)c2nccnc21.CN1[CH-]N(c2[c-]c(C3(c4cc[n-]n4)c4ccccc4-c4cnccc43)ccc2)c2nccnc21.[Pt].[Pt].[Pt].[Pt]. The summed E-state index contributed by atoms with van der Waals surface area (Å²) in [6, 6.07) is 98.1. The van der Waals surface area contributed by atoms with Crippen LogP contribution in [0.5, 0.6) is 0 Å². The topological polar surface area (TPSA) is 263 Å². The third-order valence-corrected chi connectivity index (χ3v) is 26.9. The smallest absolute Gasteiger partial charge is 0.143 e. The van der Waals surface area contributed by atoms with Crippen LogP contribution in [0.3, 0.4) is 0 Å². The molecule has 26 nitrogen and oxygen atoms in total. The number of benzene rings is 8. The van der Waals surface area contributed by atoms with Crippen LogP contribution in [0.15, 0.2) is 354 Å². The normalized spacial score (nSPS) is 17.5. The summed E-state index contributed by atoms with van der Waals surface area (Å²) in [6.07, 6.45) is 32.6. The Bertz CT molecular complexity index is 6870. The molecule has 20 aromatic rings. The molecule has 140 heavy (non-hydrogen) atoms. The number of pyridine rings is 6. The molecule has 696 valence electrons. The van der Waals surface area contributed by atoms with Crippen LogP contribution in [0.4, 0.5) is 69.0 Å². The number of aromatic nitrogens is 18. The van der Waals surface area contributed by atoms with Crippen molar-refractivity contribution in [3.05, 3.63) is 495 Å². The van der Waals surface area contributed by atoms with E-state index >= 15 is 0 Å². The fourth-order valence-corrected chi connectivity index (χ4v) is 21.4. The van der Waals surface area contributed by atoms with Crippen LogP contribution in [0.2, 0.25) is 0 Å². The molecule has 0 radical (unpaired) electrons. The second-order valence-corrected chi connectivity index (χ2v) is 33.8. The van der Waals surface area contributed by atoms with E-state index in [1.807, 2.05) is 185 Å². The standard InChI is InChI=1S/2C28H19N6.2C27H18N7.4Pt/c2*1-33-18-34(27-25(33)10-5-13-30-27)20-7-4-6-19(16-20)28(26-12-15-31-32-26)23-9-3-2-8-21(23)22-17-29-14-11-24(22)28;2*1-33-17-34(26-25(33)29-13-14-30-26)19-6-4-5-18(15-19)27(24-10-12-31-32-24)22-8-3-2-7-20(22)21-16-28-11-9-23(21)27;;;;/h2*2-15,17-18H,1H3;2*2-14,16-17H,1H3;;;;/q4*-3;;;;. The molecule has 0 saturated heterocycles. The van der Waals surface area contributed by atoms with Crippen LogP contribution in [0, 0.1) is 50.9 Å². The third kappa shape index (κ3) is 14.0. The summed E-state index contributed by atoms with van der Waals surface area (Å²) in [7, 11) is 7.99. The molecule has 4 aliphatic heterocycles. The van der Waals surface area contributed by atoms with Gasteiger partial charge in [-0.2, -0.15) is 135 Å². The van der Waals surface area contributed by atoms with Gasteiger partial charge in [-0.05, 0) is 143 Å². The molecule has 4 aliphatic carbocycles. The van der Waals surface area contributed by atoms with E-state index < -0.39 is 21.7 Å². The van der Waals surface area contributed by atoms with Gasteiger partial charge in [0.25, 0.3) is 0 Å². The second-order valence-electron chi connectivity index (χ2n) is 33.8. The Balaban J connectivity index is 0.000000110. The van der Waals surface area contributed by atoms with Gasteiger partial charge < -0.3 is 80.0 Å². The first-order valence-corrected chi connectivity index (χ1v) is 44.2. The maximum absolute atomic E-state index is 4.64. The maximum atomic E-state index is 4.64. The van der Waals surface area contributed by atoms with E-state index in [0.29, 0.717) is 0 Å². The Morgan fingerprint density at radius 1 is 0.229 bits per heavy atom. The van der Waals surface area contributed by atoms with Crippen LogP contribution in [0.1, 0.15) is 89.5 Å². The fourth-order valence-electron chi connectivity index (χ4n) is 21.4. The molecular formula is C110H74N26Pt4-12. The van der Waals surface area contributed by atoms with Gasteiger partial charge in [0, 0.05) is 227 Å². The van der Waals surface area contributed by atoms with Crippen molar-refractivity contribution in [2.75, 3.05) is 67.4 Å². The Kier molecular flexibility index (Phi) is 24.1. The Morgan fingerprint density at radius 3 is 0.757 bits per heavy atom. The van der Waals surface area contributed by atoms with Crippen molar-refractivity contribution in [3.8, 4) is 44.5 Å². The molecule has 4 atom stereocenters. The minimum Gasteiger partial charge on any atom is -0.581 e. The van der Waals surface area contributed by atoms with Crippen molar-refractivity contribution < 1.29 is 84.3 Å². The molecule has 8 aliphatic rings. The van der Waals surface area contributed by atoms with Crippen LogP contribution in [-0.2, 0) is 106 Å². The van der Waals surface area contributed by atoms with E-state index in [0.717, 1.165) is 203 Å². The summed E-state index contributed by atoms with van der Waals surface area (Å²) in [4.78, 5) is 61.4. The van der Waals surface area contributed by atoms with Gasteiger partial charge in [0.1, 0.15) is 34.9 Å². The van der Waals surface area contributed by atoms with Crippen molar-refractivity contribution in [3.63, 3.8) is 0 Å². The van der Waals surface area contributed by atoms with Gasteiger partial charge in [-0.15, -0.1) is 58.3 Å². The minimum atomic E-state index is -0.655. The monoisotopic (exact) mass is 2540 g/mol. The van der Waals surface area contributed by atoms with Crippen LogP contribution >= 0.6 is 0 Å². The zero-order valence-corrected chi connectivity index (χ0v) is 83.8. The van der Waals surface area contributed by atoms with Gasteiger partial charge in [-0.1, -0.05) is 121 Å². The van der Waals surface area contributed by atoms with E-state index in [4.69, 9.17) is 0 Å². The molecule has 28 rings (SSSR count). The van der Waals surface area contributed by atoms with E-state index in [9.17, 15) is 0 Å². The molecule has 30 heteroatoms. The van der Waals surface area contributed by atoms with Crippen molar-refractivity contribution in [1.82, 2.24) is 90.6 Å². The van der Waals surface area contributed by atoms with Crippen molar-refractivity contribution in [2.45, 2.75) is 21.7 Å². The molecule has 0 bridgehead atoms. The minimum absolute atomic E-state index is 0. The van der Waals surface area contributed by atoms with Crippen LogP contribution < -0.4 is 59.6 Å². The number of rotatable bonds is 12. The molecule has 4 unspecified atom stereocenters. The fraction of sp³-hybridized carbons (Fsp3) is 0.0727. The van der Waals surface area contributed by atoms with Gasteiger partial charge in [0.2, 0.25) is 0 Å². The summed E-state index contributed by atoms with van der Waals surface area (Å²) in [5, 5.41) is 35.2. The third-order valence-electron chi connectivity index (χ3n) is 26.9. The maximum Gasteiger partial charge on any atom is 0.143 e. The number of anilines is 12. The summed E-state index contributed by atoms with van der Waals surface area (Å²) < 4.78 is 0. The first-order chi connectivity index (χ1) is 67.1. The van der Waals surface area contributed by atoms with Crippen molar-refractivity contribution >= 4 is 69.0 Å². The molecule has 0 amide bonds. The van der Waals surface area contributed by atoms with Gasteiger partial charge in [-0.25, -0.2) is 29.9 Å². The molecule has 12 aromatic heterocycles. The first kappa shape index (κ1) is 91.2. The molecule has 8 aromatic carbocycles. The predicted molar refractivity (Wildman–Crippen MR) is 518 cm³/mol. The van der Waals surface area contributed by atoms with Gasteiger partial charge in [0.05, 0.1) is 21.7 Å². The second kappa shape index (κ2) is 36.9. The number of hydrogen-bond donors (Lipinski definition) is 0. The number of nitrogens with zero attached hydrogens (tertiary/aromatic N) is 26. The Labute approximate surface area is 864 Å². The molecule has 0 saturated carbocycles. The number of fused-ring (bicyclic) bond motifs is 16. The Morgan fingerprint density at radius 2 is 0.479 bits per heavy atom. The average molecular weight is 2540 g/mol. The molecule has 0 spiro atoms. The molecule has 0 fully saturated rings. The van der Waals surface area contributed by atoms with Crippen molar-refractivity contribution in [2.24, 2.45) is 0 Å². The quantitative estimate of drug-likeness (QED) is 0.103. The summed E-state index contributed by atoms with van der Waals surface area (Å²) in [6.45, 7) is 8.05. The Hall–Kier alpha value is -15.2. The average Bonchev–Trinajstić information content (AvgIpc) is 1.55. The van der Waals surface area contributed by atoms with E-state index in [-0.39, 0.29) is 84.3 Å². The first-order valence-electron chi connectivity index (χ1n) is 44.2. The summed E-state index contributed by atoms with van der Waals surface area (Å²) in [5.74, 6) is 4.93. The predicted octanol–water partition coefficient (Wildman–Crippen LogP) is 17.6. The van der Waals surface area contributed by atoms with Crippen LogP contribution in [-0.4, -0.2) is 98.4 Å². The van der Waals surface area contributed by atoms with Gasteiger partial charge >= 0.3 is 0 Å². The number of hydrogen-bond acceptors (Lipinski definition) is 22. The van der Waals surface area contributed by atoms with E-state index in [1.54, 1.807) is 49.6 Å². The molecular weight excluding hydrogens is 2470 g/mol. The largest absolute Gasteiger partial charge is 0.581 e. The van der Waals surface area contributed by atoms with Crippen LogP contribution in [0.25, 0.3) is 44.5 Å². The van der Waals surface area contributed by atoms with Gasteiger partial charge in [0.15, 0.2) is 0 Å². The summed E-state index contributed by atoms with van der Waals surface area (Å²) in [5.41, 5.74) is 28.7. The zero-order valence-electron chi connectivity index (χ0n) is 74.7. The zero-order chi connectivity index (χ0) is 90.8.